The summed E-state index contributed by atoms with van der Waals surface area (Å²) >= 11 is 0. The van der Waals surface area contributed by atoms with Gasteiger partial charge in [-0.05, 0) is 12.1 Å². The smallest absolute Gasteiger partial charge is 0.336 e. The highest BCUT2D eigenvalue weighted by Gasteiger charge is 2.13. The summed E-state index contributed by atoms with van der Waals surface area (Å²) in [5.74, 6) is -2.88. The Kier molecular flexibility index (Phi) is 8.94. The summed E-state index contributed by atoms with van der Waals surface area (Å²) in [5, 5.41) is 33.4. The van der Waals surface area contributed by atoms with Crippen molar-refractivity contribution in [3.05, 3.63) is 35.4 Å². The highest BCUT2D eigenvalue weighted by atomic mass is 32.2. The molecule has 0 amide bonds. The molecule has 1 aromatic carbocycles. The zero-order valence-electron chi connectivity index (χ0n) is 11.4. The third kappa shape index (κ3) is 7.69. The Morgan fingerprint density at radius 1 is 0.955 bits per heavy atom. The van der Waals surface area contributed by atoms with Crippen LogP contribution in [0, 0.1) is 0 Å². The Bertz CT molecular complexity index is 561. The van der Waals surface area contributed by atoms with Crippen molar-refractivity contribution < 1.29 is 42.6 Å². The van der Waals surface area contributed by atoms with Crippen molar-refractivity contribution in [2.75, 3.05) is 25.6 Å². The molecule has 124 valence electrons. The number of rotatable bonds is 7. The van der Waals surface area contributed by atoms with Crippen molar-refractivity contribution in [2.24, 2.45) is 0 Å². The first-order chi connectivity index (χ1) is 10.2. The SMILES string of the molecule is O=C(O)c1ccccc1C(=O)O.O=S(=O)(CCO)OCCO. The van der Waals surface area contributed by atoms with E-state index in [2.05, 4.69) is 4.18 Å². The van der Waals surface area contributed by atoms with Crippen LogP contribution in [0.2, 0.25) is 0 Å². The topological polar surface area (TPSA) is 158 Å². The molecule has 0 heterocycles. The van der Waals surface area contributed by atoms with Crippen molar-refractivity contribution in [3.63, 3.8) is 0 Å². The summed E-state index contributed by atoms with van der Waals surface area (Å²) in [7, 11) is -3.60. The van der Waals surface area contributed by atoms with Gasteiger partial charge < -0.3 is 20.4 Å². The number of aliphatic hydroxyl groups is 2. The number of carboxylic acid groups (broad SMARTS) is 2. The van der Waals surface area contributed by atoms with E-state index >= 15 is 0 Å². The molecule has 10 heteroatoms. The van der Waals surface area contributed by atoms with E-state index in [1.807, 2.05) is 0 Å². The highest BCUT2D eigenvalue weighted by Crippen LogP contribution is 2.07. The summed E-state index contributed by atoms with van der Waals surface area (Å²) in [6, 6.07) is 5.48. The normalized spacial score (nSPS) is 10.5. The van der Waals surface area contributed by atoms with E-state index in [4.69, 9.17) is 20.4 Å². The molecule has 4 N–H and O–H groups in total. The Balaban J connectivity index is 0.000000409. The van der Waals surface area contributed by atoms with Gasteiger partial charge in [0.05, 0.1) is 36.7 Å². The molecule has 9 nitrogen and oxygen atoms in total. The molecule has 0 saturated heterocycles. The molecule has 0 atom stereocenters. The van der Waals surface area contributed by atoms with E-state index in [9.17, 15) is 18.0 Å². The number of carbonyl (C=O) groups is 2. The van der Waals surface area contributed by atoms with Crippen LogP contribution >= 0.6 is 0 Å². The average molecular weight is 336 g/mol. The fourth-order valence-corrected chi connectivity index (χ4v) is 1.86. The average Bonchev–Trinajstić information content (AvgIpc) is 2.45. The van der Waals surface area contributed by atoms with E-state index in [0.29, 0.717) is 0 Å². The van der Waals surface area contributed by atoms with Gasteiger partial charge in [0.2, 0.25) is 0 Å². The molecular weight excluding hydrogens is 320 g/mol. The quantitative estimate of drug-likeness (QED) is 0.477. The monoisotopic (exact) mass is 336 g/mol. The number of aliphatic hydroxyl groups excluding tert-OH is 2. The van der Waals surface area contributed by atoms with Crippen LogP contribution in [-0.2, 0) is 14.3 Å². The van der Waals surface area contributed by atoms with E-state index < -0.39 is 34.4 Å². The van der Waals surface area contributed by atoms with Crippen LogP contribution in [0.15, 0.2) is 24.3 Å². The predicted octanol–water partition coefficient (Wildman–Crippen LogP) is -0.600. The van der Waals surface area contributed by atoms with Gasteiger partial charge in [0, 0.05) is 0 Å². The first-order valence-corrected chi connectivity index (χ1v) is 7.47. The van der Waals surface area contributed by atoms with Gasteiger partial charge in [0.1, 0.15) is 0 Å². The Hall–Kier alpha value is -2.01. The molecule has 1 rings (SSSR count). The second kappa shape index (κ2) is 9.84. The zero-order chi connectivity index (χ0) is 17.2. The van der Waals surface area contributed by atoms with Crippen LogP contribution in [-0.4, -0.2) is 66.4 Å². The lowest BCUT2D eigenvalue weighted by Gasteiger charge is -1.99. The Labute approximate surface area is 126 Å². The predicted molar refractivity (Wildman–Crippen MR) is 74.3 cm³/mol. The number of benzene rings is 1. The van der Waals surface area contributed by atoms with Crippen molar-refractivity contribution in [3.8, 4) is 0 Å². The van der Waals surface area contributed by atoms with Gasteiger partial charge in [0.25, 0.3) is 10.1 Å². The lowest BCUT2D eigenvalue weighted by atomic mass is 10.1. The molecule has 0 saturated carbocycles. The van der Waals surface area contributed by atoms with Crippen LogP contribution in [0.4, 0.5) is 0 Å². The minimum Gasteiger partial charge on any atom is -0.478 e. The third-order valence-corrected chi connectivity index (χ3v) is 3.29. The first-order valence-electron chi connectivity index (χ1n) is 5.89. The van der Waals surface area contributed by atoms with Crippen molar-refractivity contribution >= 4 is 22.1 Å². The van der Waals surface area contributed by atoms with E-state index in [0.717, 1.165) is 0 Å². The molecule has 0 aromatic heterocycles. The van der Waals surface area contributed by atoms with Gasteiger partial charge in [-0.1, -0.05) is 12.1 Å². The zero-order valence-corrected chi connectivity index (χ0v) is 12.2. The minimum atomic E-state index is -3.60. The van der Waals surface area contributed by atoms with Gasteiger partial charge in [0.15, 0.2) is 0 Å². The van der Waals surface area contributed by atoms with E-state index in [1.165, 1.54) is 24.3 Å². The largest absolute Gasteiger partial charge is 0.478 e. The van der Waals surface area contributed by atoms with Crippen molar-refractivity contribution in [1.29, 1.82) is 0 Å². The summed E-state index contributed by atoms with van der Waals surface area (Å²) in [6.07, 6.45) is 0. The minimum absolute atomic E-state index is 0.190. The molecular formula is C12H16O9S. The molecule has 0 aliphatic rings. The molecule has 0 spiro atoms. The first kappa shape index (κ1) is 20.0. The van der Waals surface area contributed by atoms with Crippen LogP contribution in [0.3, 0.4) is 0 Å². The molecule has 0 aliphatic heterocycles. The van der Waals surface area contributed by atoms with Crippen LogP contribution in [0.1, 0.15) is 20.7 Å². The van der Waals surface area contributed by atoms with Gasteiger partial charge >= 0.3 is 11.9 Å². The number of aromatic carboxylic acids is 2. The van der Waals surface area contributed by atoms with Gasteiger partial charge in [-0.3, -0.25) is 4.18 Å². The Morgan fingerprint density at radius 3 is 1.73 bits per heavy atom. The van der Waals surface area contributed by atoms with E-state index in [-0.39, 0.29) is 24.3 Å². The number of carboxylic acids is 2. The Morgan fingerprint density at radius 2 is 1.41 bits per heavy atom. The van der Waals surface area contributed by atoms with Crippen LogP contribution in [0.25, 0.3) is 0 Å². The van der Waals surface area contributed by atoms with Gasteiger partial charge in [-0.15, -0.1) is 0 Å². The molecule has 0 fully saturated rings. The standard InChI is InChI=1S/C8H6O4.C4H10O5S/c9-7(10)5-3-1-2-4-6(5)8(11)12;5-1-3-9-10(7,8)4-2-6/h1-4H,(H,9,10)(H,11,12);5-6H,1-4H2. The summed E-state index contributed by atoms with van der Waals surface area (Å²) in [5.41, 5.74) is -0.380. The van der Waals surface area contributed by atoms with Crippen LogP contribution in [0.5, 0.6) is 0 Å². The lowest BCUT2D eigenvalue weighted by Crippen LogP contribution is -2.15. The number of hydrogen-bond donors (Lipinski definition) is 4. The maximum absolute atomic E-state index is 10.5. The lowest BCUT2D eigenvalue weighted by molar-refractivity contribution is 0.0651. The summed E-state index contributed by atoms with van der Waals surface area (Å²) in [6.45, 7) is -1.05. The second-order valence-corrected chi connectivity index (χ2v) is 5.45. The molecule has 0 radical (unpaired) electrons. The molecule has 0 aliphatic carbocycles. The molecule has 22 heavy (non-hydrogen) atoms. The van der Waals surface area contributed by atoms with Gasteiger partial charge in [-0.2, -0.15) is 8.42 Å². The second-order valence-electron chi connectivity index (χ2n) is 3.69. The molecule has 0 unspecified atom stereocenters. The summed E-state index contributed by atoms with van der Waals surface area (Å²) in [4.78, 5) is 20.9. The fourth-order valence-electron chi connectivity index (χ4n) is 1.19. The fraction of sp³-hybridized carbons (Fsp3) is 0.333. The highest BCUT2D eigenvalue weighted by molar-refractivity contribution is 7.86. The van der Waals surface area contributed by atoms with E-state index in [1.54, 1.807) is 0 Å². The molecule has 0 bridgehead atoms. The number of hydrogen-bond acceptors (Lipinski definition) is 7. The maximum atomic E-state index is 10.5. The van der Waals surface area contributed by atoms with Gasteiger partial charge in [-0.25, -0.2) is 9.59 Å². The van der Waals surface area contributed by atoms with Crippen molar-refractivity contribution in [1.82, 2.24) is 0 Å². The van der Waals surface area contributed by atoms with Crippen LogP contribution < -0.4 is 0 Å². The molecule has 1 aromatic rings. The van der Waals surface area contributed by atoms with Crippen molar-refractivity contribution in [2.45, 2.75) is 0 Å². The third-order valence-electron chi connectivity index (χ3n) is 2.08. The summed E-state index contributed by atoms with van der Waals surface area (Å²) < 4.78 is 25.2. The maximum Gasteiger partial charge on any atom is 0.336 e.